The second-order valence-electron chi connectivity index (χ2n) is 3.53. The number of nitrogens with one attached hydrogen (secondary N) is 1. The van der Waals surface area contributed by atoms with Crippen LogP contribution in [-0.2, 0) is 24.5 Å². The van der Waals surface area contributed by atoms with Crippen LogP contribution in [0, 0.1) is 11.5 Å². The van der Waals surface area contributed by atoms with E-state index in [0.29, 0.717) is 22.9 Å². The van der Waals surface area contributed by atoms with Crippen molar-refractivity contribution in [2.75, 3.05) is 6.61 Å². The van der Waals surface area contributed by atoms with Crippen LogP contribution in [0.25, 0.3) is 0 Å². The third-order valence-corrected chi connectivity index (χ3v) is 2.57. The summed E-state index contributed by atoms with van der Waals surface area (Å²) in [7, 11) is 0. The van der Waals surface area contributed by atoms with E-state index in [0.717, 1.165) is 0 Å². The van der Waals surface area contributed by atoms with Crippen molar-refractivity contribution in [3.8, 4) is 5.75 Å². The van der Waals surface area contributed by atoms with Crippen molar-refractivity contribution in [3.63, 3.8) is 0 Å². The normalized spacial score (nSPS) is 13.2. The Balaban J connectivity index is 0.00000162. The molecule has 1 radical (unpaired) electrons. The Morgan fingerprint density at radius 2 is 2.33 bits per heavy atom. The fraction of sp³-hybridized carbons (Fsp3) is 0.250. The number of carbonyl (C=O) groups excluding carboxylic acids is 1. The van der Waals surface area contributed by atoms with Gasteiger partial charge in [-0.25, -0.2) is 0 Å². The van der Waals surface area contributed by atoms with E-state index >= 15 is 0 Å². The fourth-order valence-corrected chi connectivity index (χ4v) is 1.74. The monoisotopic (exact) mass is 444 g/mol. The topological polar surface area (TPSA) is 59.4 Å². The number of halogens is 1. The summed E-state index contributed by atoms with van der Waals surface area (Å²) in [6.45, 7) is 2.14. The van der Waals surface area contributed by atoms with Gasteiger partial charge in [0.05, 0.1) is 23.8 Å². The molecule has 6 heteroatoms. The maximum atomic E-state index is 11.8. The molecule has 1 N–H and O–H groups in total. The Kier molecular flexibility index (Phi) is 5.19. The third-order valence-electron chi connectivity index (χ3n) is 2.34. The minimum Gasteiger partial charge on any atom is -0.630 e. The minimum absolute atomic E-state index is 0. The molecule has 0 fully saturated rings. The van der Waals surface area contributed by atoms with Crippen LogP contribution in [0.4, 0.5) is 0 Å². The Labute approximate surface area is 123 Å². The zero-order valence-corrected chi connectivity index (χ0v) is 12.9. The molecule has 2 rings (SSSR count). The van der Waals surface area contributed by atoms with Gasteiger partial charge in [-0.05, 0) is 25.1 Å². The largest absolute Gasteiger partial charge is 1.00 e. The number of fused-ring (bicyclic) bond motifs is 1. The van der Waals surface area contributed by atoms with Crippen LogP contribution in [-0.4, -0.2) is 18.3 Å². The average Bonchev–Trinajstić information content (AvgIpc) is 2.30. The molecule has 1 aliphatic rings. The van der Waals surface area contributed by atoms with E-state index < -0.39 is 0 Å². The fourth-order valence-electron chi connectivity index (χ4n) is 1.57. The van der Waals surface area contributed by atoms with Gasteiger partial charge in [-0.15, -0.1) is 6.10 Å². The molecule has 1 aromatic carbocycles. The summed E-state index contributed by atoms with van der Waals surface area (Å²) in [5, 5.41) is 8.08. The van der Waals surface area contributed by atoms with E-state index in [9.17, 15) is 4.79 Å². The summed E-state index contributed by atoms with van der Waals surface area (Å²) >= 11 is 5.81. The Morgan fingerprint density at radius 1 is 1.61 bits per heavy atom. The van der Waals surface area contributed by atoms with Crippen molar-refractivity contribution in [2.45, 2.75) is 13.3 Å². The molecule has 1 aromatic rings. The molecule has 1 aliphatic heterocycles. The van der Waals surface area contributed by atoms with E-state index in [1.807, 2.05) is 0 Å². The van der Waals surface area contributed by atoms with Crippen LogP contribution in [0.2, 0.25) is 5.02 Å². The van der Waals surface area contributed by atoms with Crippen molar-refractivity contribution in [3.05, 3.63) is 34.9 Å². The predicted molar refractivity (Wildman–Crippen MR) is 63.6 cm³/mol. The molecule has 0 saturated heterocycles. The zero-order valence-electron chi connectivity index (χ0n) is 9.60. The number of Topliss-reactive ketones (excluding diaryl/α,β-unsaturated/α-hetero) is 1. The first-order chi connectivity index (χ1) is 8.11. The summed E-state index contributed by atoms with van der Waals surface area (Å²) in [4.78, 5) is 11.8. The first-order valence-electron chi connectivity index (χ1n) is 5.20. The molecule has 0 amide bonds. The molecule has 4 nitrogen and oxygen atoms in total. The molecule has 0 aliphatic carbocycles. The average molecular weight is 443 g/mol. The standard InChI is InChI=1S/C12H11ClNO3.Os/c1-2-16-12(14)11-6-9(15)8-5-7(13)3-4-10(8)17-11;/h3-5,14H,2,6H2,1H3;/q-1;+1. The number of ether oxygens (including phenoxy) is 2. The van der Waals surface area contributed by atoms with Crippen molar-refractivity contribution in [1.82, 2.24) is 0 Å². The maximum absolute atomic E-state index is 11.8. The molecule has 0 atom stereocenters. The third kappa shape index (κ3) is 3.04. The molecule has 0 bridgehead atoms. The van der Waals surface area contributed by atoms with Crippen molar-refractivity contribution in [1.29, 1.82) is 5.41 Å². The quantitative estimate of drug-likeness (QED) is 0.435. The number of hydrogen-bond donors (Lipinski definition) is 1. The molecule has 18 heavy (non-hydrogen) atoms. The summed E-state index contributed by atoms with van der Waals surface area (Å²) in [5.41, 5.74) is 0.450. The second-order valence-corrected chi connectivity index (χ2v) is 3.96. The van der Waals surface area contributed by atoms with Crippen molar-refractivity contribution in [2.24, 2.45) is 0 Å². The molecule has 0 saturated carbocycles. The van der Waals surface area contributed by atoms with Crippen LogP contribution in [0.3, 0.4) is 0 Å². The van der Waals surface area contributed by atoms with Crippen LogP contribution in [0.1, 0.15) is 23.7 Å². The smallest absolute Gasteiger partial charge is 0.630 e. The molecular weight excluding hydrogens is 432 g/mol. The first kappa shape index (κ1) is 15.0. The van der Waals surface area contributed by atoms with Gasteiger partial charge in [0, 0.05) is 5.02 Å². The van der Waals surface area contributed by atoms with Gasteiger partial charge in [0.2, 0.25) is 0 Å². The summed E-state index contributed by atoms with van der Waals surface area (Å²) in [5.74, 6) is 0.208. The van der Waals surface area contributed by atoms with E-state index in [2.05, 4.69) is 0 Å². The van der Waals surface area contributed by atoms with Gasteiger partial charge >= 0.3 is 19.8 Å². The van der Waals surface area contributed by atoms with E-state index in [1.54, 1.807) is 25.1 Å². The number of benzene rings is 1. The zero-order chi connectivity index (χ0) is 12.4. The summed E-state index contributed by atoms with van der Waals surface area (Å²) < 4.78 is 10.5. The van der Waals surface area contributed by atoms with E-state index in [1.165, 1.54) is 0 Å². The van der Waals surface area contributed by atoms with Gasteiger partial charge in [-0.1, -0.05) is 18.0 Å². The van der Waals surface area contributed by atoms with Crippen LogP contribution in [0.15, 0.2) is 18.2 Å². The summed E-state index contributed by atoms with van der Waals surface area (Å²) in [6.07, 6.45) is 0.276. The number of ketones is 1. The second kappa shape index (κ2) is 6.22. The molecule has 0 spiro atoms. The molecule has 1 heterocycles. The molecule has 0 unspecified atom stereocenters. The van der Waals surface area contributed by atoms with Gasteiger partial charge in [0.1, 0.15) is 5.78 Å². The Bertz CT molecular complexity index is 478. The van der Waals surface area contributed by atoms with E-state index in [4.69, 9.17) is 26.5 Å². The van der Waals surface area contributed by atoms with Crippen molar-refractivity contribution >= 4 is 23.3 Å². The SMILES string of the molecule is CCOC(=N)[C-]1CC(=O)c2cc(Cl)ccc2O1.[Os+]. The van der Waals surface area contributed by atoms with Crippen LogP contribution in [0.5, 0.6) is 5.75 Å². The van der Waals surface area contributed by atoms with E-state index in [-0.39, 0.29) is 44.0 Å². The van der Waals surface area contributed by atoms with Gasteiger partial charge in [-0.3, -0.25) is 10.2 Å². The van der Waals surface area contributed by atoms with Gasteiger partial charge < -0.3 is 9.47 Å². The van der Waals surface area contributed by atoms with Gasteiger partial charge in [0.15, 0.2) is 0 Å². The first-order valence-corrected chi connectivity index (χ1v) is 5.57. The molecule has 97 valence electrons. The predicted octanol–water partition coefficient (Wildman–Crippen LogP) is 2.85. The number of rotatable bonds is 2. The summed E-state index contributed by atoms with van der Waals surface area (Å²) in [6, 6.07) is 4.83. The maximum Gasteiger partial charge on any atom is 1.00 e. The Hall–Kier alpha value is -1.04. The van der Waals surface area contributed by atoms with Crippen LogP contribution >= 0.6 is 11.6 Å². The van der Waals surface area contributed by atoms with Gasteiger partial charge in [0.25, 0.3) is 0 Å². The van der Waals surface area contributed by atoms with Crippen molar-refractivity contribution < 1.29 is 34.1 Å². The molecule has 0 aromatic heterocycles. The minimum atomic E-state index is -0.117. The van der Waals surface area contributed by atoms with Crippen LogP contribution < -0.4 is 4.74 Å². The number of hydrogen-bond acceptors (Lipinski definition) is 4. The Morgan fingerprint density at radius 3 is 3.00 bits per heavy atom. The number of carbonyl (C=O) groups is 1. The molecular formula is C12H11ClNO3Os. The van der Waals surface area contributed by atoms with Gasteiger partial charge in [-0.2, -0.15) is 0 Å².